The fourth-order valence-electron chi connectivity index (χ4n) is 3.32. The van der Waals surface area contributed by atoms with Crippen LogP contribution >= 0.6 is 55.9 Å². The number of aromatic nitrogens is 4. The molecule has 14 heteroatoms. The second-order valence-corrected chi connectivity index (χ2v) is 9.51. The largest absolute Gasteiger partial charge is 0.369 e. The van der Waals surface area contributed by atoms with Gasteiger partial charge in [-0.1, -0.05) is 11.6 Å². The molecule has 0 saturated carbocycles. The highest BCUT2D eigenvalue weighted by Crippen LogP contribution is 2.26. The number of hydrogen-bond acceptors (Lipinski definition) is 8. The molecule has 0 spiro atoms. The van der Waals surface area contributed by atoms with Crippen LogP contribution in [0.2, 0.25) is 5.15 Å². The van der Waals surface area contributed by atoms with E-state index in [9.17, 15) is 9.59 Å². The topological polar surface area (TPSA) is 153 Å². The molecule has 2 aliphatic heterocycles. The third kappa shape index (κ3) is 10.3. The van der Waals surface area contributed by atoms with Crippen LogP contribution in [0, 0.1) is 11.8 Å². The van der Waals surface area contributed by atoms with Crippen molar-refractivity contribution in [2.24, 2.45) is 23.3 Å². The number of primary amides is 2. The second kappa shape index (κ2) is 16.1. The Morgan fingerprint density at radius 3 is 1.82 bits per heavy atom. The number of hydrogen-bond donors (Lipinski definition) is 3. The summed E-state index contributed by atoms with van der Waals surface area (Å²) in [7, 11) is 0. The van der Waals surface area contributed by atoms with Crippen LogP contribution in [0.1, 0.15) is 25.7 Å². The standard InChI is InChI=1S/C10H13BrN4O.C6H12N2O.C4H2BrClN2.ClH/c11-8-5-13-6-14-10(8)15-3-1-7(2-4-15)9(12)16;7-6(9)5-1-3-8-4-2-5;5-3-1-7-2-8-4(3)6;/h5-7H,1-4H2,(H2,12,16);5,8H,1-4H2,(H2,7,9);1-2H;1H. The van der Waals surface area contributed by atoms with Crippen molar-refractivity contribution in [2.75, 3.05) is 31.1 Å². The monoisotopic (exact) mass is 640 g/mol. The summed E-state index contributed by atoms with van der Waals surface area (Å²) in [6, 6.07) is 0. The van der Waals surface area contributed by atoms with E-state index >= 15 is 0 Å². The summed E-state index contributed by atoms with van der Waals surface area (Å²) in [5, 5.41) is 3.61. The fraction of sp³-hybridized carbons (Fsp3) is 0.500. The number of piperidine rings is 2. The second-order valence-electron chi connectivity index (χ2n) is 7.45. The van der Waals surface area contributed by atoms with Gasteiger partial charge in [0.2, 0.25) is 11.8 Å². The predicted molar refractivity (Wildman–Crippen MR) is 141 cm³/mol. The predicted octanol–water partition coefficient (Wildman–Crippen LogP) is 2.73. The minimum Gasteiger partial charge on any atom is -0.369 e. The van der Waals surface area contributed by atoms with E-state index in [1.54, 1.807) is 12.4 Å². The molecule has 2 aromatic heterocycles. The van der Waals surface area contributed by atoms with Crippen LogP contribution in [0.25, 0.3) is 0 Å². The van der Waals surface area contributed by atoms with Gasteiger partial charge in [0.1, 0.15) is 23.6 Å². The van der Waals surface area contributed by atoms with Crippen LogP contribution in [0.3, 0.4) is 0 Å². The van der Waals surface area contributed by atoms with Crippen LogP contribution in [0.15, 0.2) is 34.0 Å². The van der Waals surface area contributed by atoms with E-state index in [0.717, 1.165) is 66.6 Å². The molecule has 10 nitrogen and oxygen atoms in total. The summed E-state index contributed by atoms with van der Waals surface area (Å²) in [6.45, 7) is 3.49. The van der Waals surface area contributed by atoms with Crippen LogP contribution < -0.4 is 21.7 Å². The summed E-state index contributed by atoms with van der Waals surface area (Å²) >= 11 is 12.1. The van der Waals surface area contributed by atoms with Gasteiger partial charge in [0, 0.05) is 37.3 Å². The molecule has 0 aromatic carbocycles. The zero-order valence-corrected chi connectivity index (χ0v) is 23.1. The van der Waals surface area contributed by atoms with E-state index < -0.39 is 0 Å². The third-order valence-corrected chi connectivity index (χ3v) is 6.88. The quantitative estimate of drug-likeness (QED) is 0.432. The smallest absolute Gasteiger partial charge is 0.220 e. The Morgan fingerprint density at radius 2 is 1.41 bits per heavy atom. The lowest BCUT2D eigenvalue weighted by atomic mass is 9.96. The normalized spacial score (nSPS) is 16.1. The maximum absolute atomic E-state index is 11.0. The molecule has 2 aromatic rings. The molecule has 2 fully saturated rings. The summed E-state index contributed by atoms with van der Waals surface area (Å²) in [5.41, 5.74) is 10.4. The van der Waals surface area contributed by atoms with Crippen LogP contribution in [0.5, 0.6) is 0 Å². The molecule has 2 aliphatic rings. The Morgan fingerprint density at radius 1 is 0.912 bits per heavy atom. The summed E-state index contributed by atoms with van der Waals surface area (Å²) in [5.74, 6) is 0.693. The Balaban J connectivity index is 0.000000274. The molecule has 5 N–H and O–H groups in total. The van der Waals surface area contributed by atoms with Crippen molar-refractivity contribution >= 4 is 73.5 Å². The van der Waals surface area contributed by atoms with Crippen molar-refractivity contribution in [1.82, 2.24) is 25.3 Å². The summed E-state index contributed by atoms with van der Waals surface area (Å²) in [6.07, 6.45) is 9.66. The molecule has 188 valence electrons. The zero-order chi connectivity index (χ0) is 24.2. The van der Waals surface area contributed by atoms with Crippen molar-refractivity contribution in [3.05, 3.63) is 39.1 Å². The summed E-state index contributed by atoms with van der Waals surface area (Å²) in [4.78, 5) is 39.3. The number of anilines is 1. The molecule has 34 heavy (non-hydrogen) atoms. The first kappa shape index (κ1) is 30.4. The van der Waals surface area contributed by atoms with Crippen LogP contribution in [-0.2, 0) is 9.59 Å². The van der Waals surface area contributed by atoms with Gasteiger partial charge in [0.25, 0.3) is 0 Å². The Bertz CT molecular complexity index is 893. The van der Waals surface area contributed by atoms with Gasteiger partial charge < -0.3 is 21.7 Å². The molecule has 0 radical (unpaired) electrons. The average molecular weight is 643 g/mol. The van der Waals surface area contributed by atoms with Gasteiger partial charge in [-0.25, -0.2) is 19.9 Å². The molecule has 2 saturated heterocycles. The minimum absolute atomic E-state index is 0. The minimum atomic E-state index is -0.193. The molecule has 0 atom stereocenters. The highest BCUT2D eigenvalue weighted by molar-refractivity contribution is 9.11. The van der Waals surface area contributed by atoms with Gasteiger partial charge in [-0.2, -0.15) is 0 Å². The lowest BCUT2D eigenvalue weighted by Crippen LogP contribution is -2.39. The van der Waals surface area contributed by atoms with Crippen molar-refractivity contribution in [2.45, 2.75) is 25.7 Å². The number of rotatable bonds is 3. The molecule has 4 rings (SSSR count). The van der Waals surface area contributed by atoms with E-state index in [1.807, 2.05) is 0 Å². The van der Waals surface area contributed by atoms with E-state index in [0.29, 0.717) is 5.15 Å². The van der Waals surface area contributed by atoms with Crippen molar-refractivity contribution in [1.29, 1.82) is 0 Å². The molecule has 0 unspecified atom stereocenters. The van der Waals surface area contributed by atoms with E-state index in [-0.39, 0.29) is 36.1 Å². The molecule has 0 aliphatic carbocycles. The van der Waals surface area contributed by atoms with Crippen LogP contribution in [-0.4, -0.2) is 57.9 Å². The number of halogens is 4. The van der Waals surface area contributed by atoms with Gasteiger partial charge in [0.05, 0.1) is 8.95 Å². The molecule has 0 bridgehead atoms. The molecule has 4 heterocycles. The van der Waals surface area contributed by atoms with E-state index in [2.05, 4.69) is 62.0 Å². The zero-order valence-electron chi connectivity index (χ0n) is 18.4. The Hall–Kier alpha value is -1.60. The lowest BCUT2D eigenvalue weighted by molar-refractivity contribution is -0.123. The maximum atomic E-state index is 11.0. The average Bonchev–Trinajstić information content (AvgIpc) is 2.83. The number of carbonyl (C=O) groups excluding carboxylic acids is 2. The van der Waals surface area contributed by atoms with E-state index in [1.165, 1.54) is 12.7 Å². The van der Waals surface area contributed by atoms with E-state index in [4.69, 9.17) is 23.1 Å². The number of nitrogens with one attached hydrogen (secondary N) is 1. The Kier molecular flexibility index (Phi) is 14.4. The lowest BCUT2D eigenvalue weighted by Gasteiger charge is -2.31. The van der Waals surface area contributed by atoms with Crippen molar-refractivity contribution in [3.63, 3.8) is 0 Å². The Labute approximate surface area is 226 Å². The fourth-order valence-corrected chi connectivity index (χ4v) is 4.10. The summed E-state index contributed by atoms with van der Waals surface area (Å²) < 4.78 is 1.61. The van der Waals surface area contributed by atoms with Gasteiger partial charge >= 0.3 is 0 Å². The van der Waals surface area contributed by atoms with Gasteiger partial charge in [-0.3, -0.25) is 9.59 Å². The highest BCUT2D eigenvalue weighted by Gasteiger charge is 2.24. The van der Waals surface area contributed by atoms with Crippen molar-refractivity contribution < 1.29 is 9.59 Å². The van der Waals surface area contributed by atoms with Gasteiger partial charge in [-0.05, 0) is 70.6 Å². The SMILES string of the molecule is Cl.Clc1ncncc1Br.NC(=O)C1CCN(c2ncncc2Br)CC1.NC(=O)C1CCNCC1. The first-order valence-corrected chi connectivity index (χ1v) is 12.4. The number of amides is 2. The number of nitrogens with two attached hydrogens (primary N) is 2. The van der Waals surface area contributed by atoms with Crippen molar-refractivity contribution in [3.8, 4) is 0 Å². The van der Waals surface area contributed by atoms with Crippen LogP contribution in [0.4, 0.5) is 5.82 Å². The first-order valence-electron chi connectivity index (χ1n) is 10.4. The van der Waals surface area contributed by atoms with Gasteiger partial charge in [0.15, 0.2) is 0 Å². The first-order chi connectivity index (χ1) is 15.8. The highest BCUT2D eigenvalue weighted by atomic mass is 79.9. The third-order valence-electron chi connectivity index (χ3n) is 5.21. The molecular formula is C20H28Br2Cl2N8O2. The van der Waals surface area contributed by atoms with Gasteiger partial charge in [-0.15, -0.1) is 12.4 Å². The number of nitrogens with zero attached hydrogens (tertiary/aromatic N) is 5. The molecule has 2 amide bonds. The molecular weight excluding hydrogens is 615 g/mol. The maximum Gasteiger partial charge on any atom is 0.220 e. The number of carbonyl (C=O) groups is 2.